The number of imide groups is 2. The van der Waals surface area contributed by atoms with Gasteiger partial charge in [-0.05, 0) is 73.9 Å². The molecule has 5 aliphatic heterocycles. The molecule has 4 N–H and O–H groups in total. The molecule has 1 unspecified atom stereocenters. The van der Waals surface area contributed by atoms with E-state index >= 15 is 8.78 Å². The number of urea groups is 1. The molecule has 20 heteroatoms. The van der Waals surface area contributed by atoms with Gasteiger partial charge in [-0.3, -0.25) is 43.6 Å². The maximum Gasteiger partial charge on any atom is 0.317 e. The van der Waals surface area contributed by atoms with Crippen LogP contribution in [0.5, 0.6) is 0 Å². The van der Waals surface area contributed by atoms with Crippen LogP contribution >= 0.6 is 0 Å². The van der Waals surface area contributed by atoms with Crippen molar-refractivity contribution in [2.75, 3.05) is 56.7 Å². The number of anilines is 3. The fourth-order valence-electron chi connectivity index (χ4n) is 9.50. The molecule has 2 aromatic carbocycles. The number of aromatic nitrogens is 4. The summed E-state index contributed by atoms with van der Waals surface area (Å²) < 4.78 is 39.1. The van der Waals surface area contributed by atoms with Gasteiger partial charge in [0.15, 0.2) is 5.82 Å². The smallest absolute Gasteiger partial charge is 0.317 e. The van der Waals surface area contributed by atoms with E-state index in [1.807, 2.05) is 4.90 Å². The number of nitrogens with one attached hydrogen (secondary N) is 4. The van der Waals surface area contributed by atoms with Crippen molar-refractivity contribution in [3.63, 3.8) is 0 Å². The normalized spacial score (nSPS) is 18.8. The third kappa shape index (κ3) is 8.05. The third-order valence-corrected chi connectivity index (χ3v) is 12.7. The van der Waals surface area contributed by atoms with Gasteiger partial charge in [-0.2, -0.15) is 10.2 Å². The number of carbonyl (C=O) groups is 6. The van der Waals surface area contributed by atoms with Crippen molar-refractivity contribution >= 4 is 52.8 Å². The van der Waals surface area contributed by atoms with Crippen molar-refractivity contribution in [3.05, 3.63) is 76.2 Å². The van der Waals surface area contributed by atoms with Crippen LogP contribution in [0, 0.1) is 0 Å². The van der Waals surface area contributed by atoms with Crippen LogP contribution in [0.3, 0.4) is 0 Å². The Balaban J connectivity index is 0.850. The van der Waals surface area contributed by atoms with E-state index in [9.17, 15) is 28.8 Å². The maximum atomic E-state index is 15.0. The van der Waals surface area contributed by atoms with Gasteiger partial charge in [0.1, 0.15) is 12.6 Å². The van der Waals surface area contributed by atoms with Gasteiger partial charge in [-0.15, -0.1) is 0 Å². The van der Waals surface area contributed by atoms with Crippen molar-refractivity contribution in [2.24, 2.45) is 0 Å². The summed E-state index contributed by atoms with van der Waals surface area (Å²) >= 11 is 0. The molecule has 0 radical (unpaired) electrons. The molecular weight excluding hydrogens is 833 g/mol. The fraction of sp³-hybridized carbons (Fsp3) is 0.455. The van der Waals surface area contributed by atoms with Gasteiger partial charge in [0.05, 0.1) is 29.9 Å². The van der Waals surface area contributed by atoms with Gasteiger partial charge < -0.3 is 30.5 Å². The summed E-state index contributed by atoms with van der Waals surface area (Å²) in [4.78, 5) is 81.1. The van der Waals surface area contributed by atoms with Crippen molar-refractivity contribution in [1.82, 2.24) is 45.3 Å². The van der Waals surface area contributed by atoms with Crippen LogP contribution in [0.4, 0.5) is 30.8 Å². The highest BCUT2D eigenvalue weighted by Gasteiger charge is 2.45. The Bertz CT molecular complexity index is 2530. The highest BCUT2D eigenvalue weighted by molar-refractivity contribution is 6.25. The lowest BCUT2D eigenvalue weighted by Crippen LogP contribution is -2.54. The molecule has 0 spiro atoms. The van der Waals surface area contributed by atoms with Gasteiger partial charge in [0, 0.05) is 99.2 Å². The van der Waals surface area contributed by atoms with Crippen molar-refractivity contribution in [1.29, 1.82) is 0 Å². The first-order chi connectivity index (χ1) is 31.0. The fourth-order valence-corrected chi connectivity index (χ4v) is 9.50. The van der Waals surface area contributed by atoms with E-state index in [4.69, 9.17) is 9.84 Å². The number of ether oxygens (including phenoxy) is 1. The molecule has 0 saturated carbocycles. The Morgan fingerprint density at radius 3 is 2.59 bits per heavy atom. The van der Waals surface area contributed by atoms with Crippen LogP contribution in [0.1, 0.15) is 94.1 Å². The number of fused-ring (bicyclic) bond motifs is 3. The molecule has 2 fully saturated rings. The number of nitrogens with zero attached hydrogens (tertiary/aromatic N) is 7. The van der Waals surface area contributed by atoms with E-state index in [0.29, 0.717) is 87.0 Å². The van der Waals surface area contributed by atoms with E-state index in [-0.39, 0.29) is 60.6 Å². The van der Waals surface area contributed by atoms with Crippen molar-refractivity contribution in [3.8, 4) is 11.1 Å². The van der Waals surface area contributed by atoms with Crippen LogP contribution in [0.15, 0.2) is 42.7 Å². The zero-order chi connectivity index (χ0) is 44.6. The zero-order valence-corrected chi connectivity index (χ0v) is 35.3. The van der Waals surface area contributed by atoms with E-state index in [0.717, 1.165) is 41.0 Å². The van der Waals surface area contributed by atoms with Crippen LogP contribution in [-0.2, 0) is 45.1 Å². The number of aryl methyl sites for hydroxylation is 1. The summed E-state index contributed by atoms with van der Waals surface area (Å²) in [6, 6.07) is 7.05. The predicted octanol–water partition coefficient (Wildman–Crippen LogP) is 3.84. The molecule has 0 bridgehead atoms. The lowest BCUT2D eigenvalue weighted by atomic mass is 9.92. The molecule has 9 rings (SSSR count). The Hall–Kier alpha value is -6.70. The number of piperidine rings is 1. The number of rotatable bonds is 12. The molecule has 4 aromatic rings. The number of benzene rings is 2. The molecule has 7 amide bonds. The van der Waals surface area contributed by atoms with Crippen LogP contribution < -0.4 is 26.2 Å². The first kappa shape index (κ1) is 42.6. The van der Waals surface area contributed by atoms with E-state index in [1.165, 1.54) is 16.9 Å². The van der Waals surface area contributed by atoms with Crippen LogP contribution in [0.25, 0.3) is 11.1 Å². The number of carbonyl (C=O) groups excluding carboxylic acids is 6. The Labute approximate surface area is 366 Å². The van der Waals surface area contributed by atoms with Crippen molar-refractivity contribution < 1.29 is 42.3 Å². The van der Waals surface area contributed by atoms with Gasteiger partial charge in [-0.1, -0.05) is 6.07 Å². The second-order valence-electron chi connectivity index (χ2n) is 16.6. The van der Waals surface area contributed by atoms with Crippen molar-refractivity contribution in [2.45, 2.75) is 83.0 Å². The molecule has 336 valence electrons. The molecular formula is C44H49F2N11O7. The summed E-state index contributed by atoms with van der Waals surface area (Å²) in [5, 5.41) is 20.4. The Morgan fingerprint density at radius 1 is 0.984 bits per heavy atom. The molecule has 5 aliphatic rings. The zero-order valence-electron chi connectivity index (χ0n) is 35.3. The number of halogens is 2. The first-order valence-corrected chi connectivity index (χ1v) is 21.8. The minimum absolute atomic E-state index is 0.0209. The molecule has 2 saturated heterocycles. The molecule has 64 heavy (non-hydrogen) atoms. The van der Waals surface area contributed by atoms with E-state index < -0.39 is 36.1 Å². The number of hydrogen-bond donors (Lipinski definition) is 4. The highest BCUT2D eigenvalue weighted by Crippen LogP contribution is 2.44. The number of hydrogen-bond acceptors (Lipinski definition) is 11. The van der Waals surface area contributed by atoms with Gasteiger partial charge >= 0.3 is 6.03 Å². The topological polar surface area (TPSA) is 205 Å². The van der Waals surface area contributed by atoms with Crippen LogP contribution in [-0.4, -0.2) is 117 Å². The SMILES string of the molecule is CNC(=O)N1CCc2c(c(N3CCCc4cc(-c5cnn(CC(=O)NCCCNc6cccc7c6C(=O)N(C6CCC(=O)NC6=O)C7=O)c5)c(C(F)F)cc43)nn2C2CCOCC2)C1. The molecule has 0 aliphatic carbocycles. The third-order valence-electron chi connectivity index (χ3n) is 12.7. The summed E-state index contributed by atoms with van der Waals surface area (Å²) in [6.07, 6.45) is 4.49. The Kier molecular flexibility index (Phi) is 11.9. The van der Waals surface area contributed by atoms with Crippen LogP contribution in [0.2, 0.25) is 0 Å². The molecule has 18 nitrogen and oxygen atoms in total. The lowest BCUT2D eigenvalue weighted by molar-refractivity contribution is -0.136. The van der Waals surface area contributed by atoms with E-state index in [1.54, 1.807) is 42.4 Å². The molecule has 7 heterocycles. The molecule has 2 aromatic heterocycles. The predicted molar refractivity (Wildman–Crippen MR) is 227 cm³/mol. The highest BCUT2D eigenvalue weighted by atomic mass is 19.3. The largest absolute Gasteiger partial charge is 0.384 e. The minimum Gasteiger partial charge on any atom is -0.384 e. The number of alkyl halides is 2. The monoisotopic (exact) mass is 881 g/mol. The Morgan fingerprint density at radius 2 is 1.81 bits per heavy atom. The summed E-state index contributed by atoms with van der Waals surface area (Å²) in [6.45, 7) is 3.21. The van der Waals surface area contributed by atoms with Gasteiger partial charge in [0.2, 0.25) is 17.7 Å². The second kappa shape index (κ2) is 17.8. The summed E-state index contributed by atoms with van der Waals surface area (Å²) in [5.74, 6) is -2.01. The van der Waals surface area contributed by atoms with Gasteiger partial charge in [0.25, 0.3) is 18.2 Å². The second-order valence-corrected chi connectivity index (χ2v) is 16.6. The quantitative estimate of drug-likeness (QED) is 0.119. The summed E-state index contributed by atoms with van der Waals surface area (Å²) in [5.41, 5.74) is 4.90. The maximum absolute atomic E-state index is 15.0. The molecule has 1 atom stereocenters. The minimum atomic E-state index is -2.80. The summed E-state index contributed by atoms with van der Waals surface area (Å²) in [7, 11) is 1.60. The number of amides is 7. The average molecular weight is 882 g/mol. The van der Waals surface area contributed by atoms with Gasteiger partial charge in [-0.25, -0.2) is 13.6 Å². The average Bonchev–Trinajstić information content (AvgIpc) is 3.99. The lowest BCUT2D eigenvalue weighted by Gasteiger charge is -2.33. The standard InChI is InChI=1S/C44H49F2N11O7/c1-47-44(63)53-16-10-33-31(23-53)40(52-57(33)27-11-17-64-18-12-27)55-15-3-5-25-19-29(30(39(45)46)20-35(25)55)26-21-50-54(22-26)24-37(59)49-14-4-13-48-32-7-2-6-28-38(32)43(62)56(42(28)61)34-8-9-36(58)51-41(34)60/h2,6-7,19-22,27,34,39,48H,3-5,8-18,23-24H2,1H3,(H,47,63)(H,49,59)(H,51,58,60). The first-order valence-electron chi connectivity index (χ1n) is 21.8. The van der Waals surface area contributed by atoms with E-state index in [2.05, 4.69) is 31.0 Å².